The third kappa shape index (κ3) is 3.85. The van der Waals surface area contributed by atoms with Gasteiger partial charge < -0.3 is 10.1 Å². The number of nitrogens with one attached hydrogen (secondary N) is 2. The molecule has 0 spiro atoms. The summed E-state index contributed by atoms with van der Waals surface area (Å²) in [4.78, 5) is 29.7. The van der Waals surface area contributed by atoms with Gasteiger partial charge in [-0.15, -0.1) is 0 Å². The lowest BCUT2D eigenvalue weighted by Crippen LogP contribution is -2.45. The molecular weight excluding hydrogens is 330 g/mol. The monoisotopic (exact) mass is 347 g/mol. The van der Waals surface area contributed by atoms with Gasteiger partial charge in [0.1, 0.15) is 18.6 Å². The first-order valence-corrected chi connectivity index (χ1v) is 8.41. The van der Waals surface area contributed by atoms with Gasteiger partial charge in [0.2, 0.25) is 5.91 Å². The topological polar surface area (TPSA) is 100 Å². The number of rotatable bonds is 6. The Hall–Kier alpha value is -2.55. The van der Waals surface area contributed by atoms with E-state index in [9.17, 15) is 9.59 Å². The number of hydrogen-bond acceptors (Lipinski definition) is 6. The van der Waals surface area contributed by atoms with Gasteiger partial charge in [0.15, 0.2) is 11.8 Å². The van der Waals surface area contributed by atoms with Crippen LogP contribution in [0, 0.1) is 6.92 Å². The van der Waals surface area contributed by atoms with E-state index < -0.39 is 0 Å². The Kier molecular flexibility index (Phi) is 4.99. The summed E-state index contributed by atoms with van der Waals surface area (Å²) in [7, 11) is 0. The summed E-state index contributed by atoms with van der Waals surface area (Å²) in [5, 5.41) is 9.99. The molecule has 1 aromatic heterocycles. The minimum Gasteiger partial charge on any atom is -0.482 e. The van der Waals surface area contributed by atoms with Crippen molar-refractivity contribution < 1.29 is 14.3 Å². The van der Waals surface area contributed by atoms with Crippen LogP contribution in [0.2, 0.25) is 0 Å². The molecule has 24 heavy (non-hydrogen) atoms. The second-order valence-corrected chi connectivity index (χ2v) is 6.31. The fraction of sp³-hybridized carbons (Fsp3) is 0.333. The van der Waals surface area contributed by atoms with E-state index >= 15 is 0 Å². The molecule has 1 aromatic carbocycles. The van der Waals surface area contributed by atoms with Crippen LogP contribution in [0.4, 0.5) is 5.69 Å². The van der Waals surface area contributed by atoms with Crippen LogP contribution in [-0.4, -0.2) is 52.4 Å². The van der Waals surface area contributed by atoms with Crippen molar-refractivity contribution in [3.63, 3.8) is 0 Å². The standard InChI is InChI=1S/C15H17N5O3S/c1-10-2-3-12-11(6-10)20(14(22)8-23-12)7-13(21)16-4-5-24-15-17-9-18-19-15/h2-3,6,9H,4-5,7-8H2,1H3,(H,16,21)(H,17,18,19). The van der Waals surface area contributed by atoms with E-state index in [-0.39, 0.29) is 25.0 Å². The van der Waals surface area contributed by atoms with E-state index in [2.05, 4.69) is 20.5 Å². The fourth-order valence-electron chi connectivity index (χ4n) is 2.29. The zero-order valence-electron chi connectivity index (χ0n) is 13.1. The summed E-state index contributed by atoms with van der Waals surface area (Å²) >= 11 is 1.46. The molecule has 0 radical (unpaired) electrons. The number of hydrogen-bond donors (Lipinski definition) is 2. The maximum absolute atomic E-state index is 12.1. The SMILES string of the molecule is Cc1ccc2c(c1)N(CC(=O)NCCSc1ncn[nH]1)C(=O)CO2. The van der Waals surface area contributed by atoms with Crippen LogP contribution >= 0.6 is 11.8 Å². The fourth-order valence-corrected chi connectivity index (χ4v) is 2.92. The molecule has 1 aliphatic rings. The number of H-pyrrole nitrogens is 1. The molecule has 0 saturated heterocycles. The summed E-state index contributed by atoms with van der Waals surface area (Å²) in [5.41, 5.74) is 1.64. The average Bonchev–Trinajstić information content (AvgIpc) is 3.08. The van der Waals surface area contributed by atoms with Gasteiger partial charge in [0.25, 0.3) is 5.91 Å². The van der Waals surface area contributed by atoms with Crippen molar-refractivity contribution in [3.8, 4) is 5.75 Å². The zero-order valence-corrected chi connectivity index (χ0v) is 13.9. The molecule has 2 aromatic rings. The molecule has 1 aliphatic heterocycles. The van der Waals surface area contributed by atoms with Crippen LogP contribution in [0.5, 0.6) is 5.75 Å². The van der Waals surface area contributed by atoms with Gasteiger partial charge in [0.05, 0.1) is 5.69 Å². The third-order valence-corrected chi connectivity index (χ3v) is 4.29. The summed E-state index contributed by atoms with van der Waals surface area (Å²) in [6, 6.07) is 5.57. The molecule has 8 nitrogen and oxygen atoms in total. The minimum absolute atomic E-state index is 0.0222. The van der Waals surface area contributed by atoms with Crippen molar-refractivity contribution in [2.24, 2.45) is 0 Å². The van der Waals surface area contributed by atoms with Crippen LogP contribution in [-0.2, 0) is 9.59 Å². The largest absolute Gasteiger partial charge is 0.482 e. The molecule has 126 valence electrons. The van der Waals surface area contributed by atoms with E-state index in [0.717, 1.165) is 5.56 Å². The molecule has 2 amide bonds. The highest BCUT2D eigenvalue weighted by Crippen LogP contribution is 2.32. The van der Waals surface area contributed by atoms with Crippen molar-refractivity contribution in [1.82, 2.24) is 20.5 Å². The Labute approximate surface area is 143 Å². The molecule has 0 bridgehead atoms. The Morgan fingerprint density at radius 3 is 3.17 bits per heavy atom. The molecule has 9 heteroatoms. The molecule has 0 aliphatic carbocycles. The Bertz CT molecular complexity index is 735. The van der Waals surface area contributed by atoms with Crippen molar-refractivity contribution in [2.75, 3.05) is 30.3 Å². The lowest BCUT2D eigenvalue weighted by Gasteiger charge is -2.29. The number of carbonyl (C=O) groups excluding carboxylic acids is 2. The van der Waals surface area contributed by atoms with Gasteiger partial charge in [0, 0.05) is 12.3 Å². The van der Waals surface area contributed by atoms with Gasteiger partial charge in [-0.05, 0) is 24.6 Å². The molecule has 0 atom stereocenters. The quantitative estimate of drug-likeness (QED) is 0.591. The van der Waals surface area contributed by atoms with Crippen LogP contribution in [0.25, 0.3) is 0 Å². The highest BCUT2D eigenvalue weighted by molar-refractivity contribution is 7.99. The molecule has 2 N–H and O–H groups in total. The van der Waals surface area contributed by atoms with E-state index in [4.69, 9.17) is 4.74 Å². The van der Waals surface area contributed by atoms with E-state index in [1.165, 1.54) is 23.0 Å². The number of amides is 2. The van der Waals surface area contributed by atoms with Crippen LogP contribution < -0.4 is 15.0 Å². The molecule has 0 fully saturated rings. The number of ether oxygens (including phenoxy) is 1. The molecular formula is C15H17N5O3S. The first kappa shape index (κ1) is 16.3. The highest BCUT2D eigenvalue weighted by Gasteiger charge is 2.27. The number of aromatic nitrogens is 3. The van der Waals surface area contributed by atoms with E-state index in [1.54, 1.807) is 0 Å². The number of carbonyl (C=O) groups is 2. The predicted molar refractivity (Wildman–Crippen MR) is 89.1 cm³/mol. The van der Waals surface area contributed by atoms with Gasteiger partial charge in [-0.2, -0.15) is 5.10 Å². The number of anilines is 1. The van der Waals surface area contributed by atoms with Crippen molar-refractivity contribution >= 4 is 29.3 Å². The summed E-state index contributed by atoms with van der Waals surface area (Å²) in [6.07, 6.45) is 1.43. The number of nitrogens with zero attached hydrogens (tertiary/aromatic N) is 3. The number of fused-ring (bicyclic) bond motifs is 1. The van der Waals surface area contributed by atoms with E-state index in [1.807, 2.05) is 25.1 Å². The van der Waals surface area contributed by atoms with Gasteiger partial charge in [-0.3, -0.25) is 19.6 Å². The predicted octanol–water partition coefficient (Wildman–Crippen LogP) is 0.747. The number of thioether (sulfide) groups is 1. The third-order valence-electron chi connectivity index (χ3n) is 3.42. The Morgan fingerprint density at radius 2 is 2.38 bits per heavy atom. The summed E-state index contributed by atoms with van der Waals surface area (Å²) in [6.45, 7) is 2.33. The summed E-state index contributed by atoms with van der Waals surface area (Å²) < 4.78 is 5.40. The first-order valence-electron chi connectivity index (χ1n) is 7.42. The molecule has 3 rings (SSSR count). The van der Waals surface area contributed by atoms with Crippen molar-refractivity contribution in [3.05, 3.63) is 30.1 Å². The molecule has 0 saturated carbocycles. The van der Waals surface area contributed by atoms with Gasteiger partial charge >= 0.3 is 0 Å². The van der Waals surface area contributed by atoms with Gasteiger partial charge in [-0.1, -0.05) is 17.8 Å². The lowest BCUT2D eigenvalue weighted by atomic mass is 10.1. The average molecular weight is 347 g/mol. The first-order chi connectivity index (χ1) is 11.6. The number of benzene rings is 1. The van der Waals surface area contributed by atoms with E-state index in [0.29, 0.717) is 28.9 Å². The van der Waals surface area contributed by atoms with Crippen molar-refractivity contribution in [2.45, 2.75) is 12.1 Å². The molecule has 0 unspecified atom stereocenters. The van der Waals surface area contributed by atoms with Crippen LogP contribution in [0.3, 0.4) is 0 Å². The maximum atomic E-state index is 12.1. The minimum atomic E-state index is -0.223. The van der Waals surface area contributed by atoms with Gasteiger partial charge in [-0.25, -0.2) is 4.98 Å². The lowest BCUT2D eigenvalue weighted by molar-refractivity contribution is -0.125. The Balaban J connectivity index is 1.54. The van der Waals surface area contributed by atoms with Crippen molar-refractivity contribution in [1.29, 1.82) is 0 Å². The second-order valence-electron chi connectivity index (χ2n) is 5.23. The number of aryl methyl sites for hydroxylation is 1. The Morgan fingerprint density at radius 1 is 1.50 bits per heavy atom. The maximum Gasteiger partial charge on any atom is 0.265 e. The smallest absolute Gasteiger partial charge is 0.265 e. The normalized spacial score (nSPS) is 13.4. The van der Waals surface area contributed by atoms with Crippen LogP contribution in [0.1, 0.15) is 5.56 Å². The van der Waals surface area contributed by atoms with Crippen LogP contribution in [0.15, 0.2) is 29.7 Å². The number of aromatic amines is 1. The molecule has 2 heterocycles. The summed E-state index contributed by atoms with van der Waals surface area (Å²) in [5.74, 6) is 0.845. The highest BCUT2D eigenvalue weighted by atomic mass is 32.2. The zero-order chi connectivity index (χ0) is 16.9. The second kappa shape index (κ2) is 7.35.